The third-order valence-electron chi connectivity index (χ3n) is 2.99. The molecular weight excluding hydrogens is 254 g/mol. The molecule has 1 aromatic carbocycles. The van der Waals surface area contributed by atoms with Crippen molar-refractivity contribution in [2.24, 2.45) is 0 Å². The number of carbonyl (C=O) groups is 1. The molecule has 1 aliphatic heterocycles. The molecule has 1 aliphatic rings. The molecule has 0 aromatic heterocycles. The summed E-state index contributed by atoms with van der Waals surface area (Å²) in [5.41, 5.74) is 0.877. The molecule has 18 heavy (non-hydrogen) atoms. The molecule has 1 heterocycles. The van der Waals surface area contributed by atoms with Crippen LogP contribution < -0.4 is 0 Å². The van der Waals surface area contributed by atoms with Crippen LogP contribution >= 0.6 is 11.6 Å². The first-order valence-corrected chi connectivity index (χ1v) is 6.30. The van der Waals surface area contributed by atoms with E-state index in [2.05, 4.69) is 0 Å². The van der Waals surface area contributed by atoms with Crippen molar-refractivity contribution in [3.8, 4) is 0 Å². The lowest BCUT2D eigenvalue weighted by Gasteiger charge is -2.34. The molecule has 4 nitrogen and oxygen atoms in total. The molecule has 1 N–H and O–H groups in total. The van der Waals surface area contributed by atoms with Crippen LogP contribution in [0.2, 0.25) is 5.02 Å². The smallest absolute Gasteiger partial charge is 0.251 e. The zero-order valence-corrected chi connectivity index (χ0v) is 10.9. The van der Waals surface area contributed by atoms with Crippen LogP contribution in [-0.4, -0.2) is 41.7 Å². The molecule has 1 fully saturated rings. The van der Waals surface area contributed by atoms with Crippen molar-refractivity contribution < 1.29 is 14.6 Å². The molecular formula is C13H16ClNO3. The number of aliphatic hydroxyl groups is 1. The number of hydrogen-bond acceptors (Lipinski definition) is 3. The molecule has 5 heteroatoms. The van der Waals surface area contributed by atoms with Crippen molar-refractivity contribution in [2.75, 3.05) is 19.7 Å². The molecule has 2 atom stereocenters. The van der Waals surface area contributed by atoms with Gasteiger partial charge in [0.05, 0.1) is 13.2 Å². The molecule has 0 bridgehead atoms. The van der Waals surface area contributed by atoms with E-state index in [1.807, 2.05) is 18.2 Å². The summed E-state index contributed by atoms with van der Waals surface area (Å²) >= 11 is 6.11. The largest absolute Gasteiger partial charge is 0.384 e. The highest BCUT2D eigenvalue weighted by Crippen LogP contribution is 2.28. The number of halogens is 1. The average Bonchev–Trinajstić information content (AvgIpc) is 2.38. The molecule has 0 aliphatic carbocycles. The van der Waals surface area contributed by atoms with Crippen LogP contribution in [0.4, 0.5) is 0 Å². The van der Waals surface area contributed by atoms with Gasteiger partial charge in [-0.25, -0.2) is 0 Å². The van der Waals surface area contributed by atoms with Gasteiger partial charge < -0.3 is 14.7 Å². The zero-order chi connectivity index (χ0) is 13.1. The highest BCUT2D eigenvalue weighted by Gasteiger charge is 2.28. The zero-order valence-electron chi connectivity index (χ0n) is 10.2. The Morgan fingerprint density at radius 1 is 1.56 bits per heavy atom. The maximum atomic E-state index is 11.7. The fourth-order valence-electron chi connectivity index (χ4n) is 2.04. The van der Waals surface area contributed by atoms with Crippen LogP contribution in [0, 0.1) is 0 Å². The van der Waals surface area contributed by atoms with E-state index in [1.54, 1.807) is 11.0 Å². The Bertz CT molecular complexity index is 436. The number of hydrogen-bond donors (Lipinski definition) is 1. The lowest BCUT2D eigenvalue weighted by Crippen LogP contribution is -2.46. The van der Waals surface area contributed by atoms with Crippen molar-refractivity contribution >= 4 is 17.5 Å². The van der Waals surface area contributed by atoms with E-state index >= 15 is 0 Å². The topological polar surface area (TPSA) is 49.8 Å². The number of rotatable bonds is 2. The summed E-state index contributed by atoms with van der Waals surface area (Å²) in [4.78, 5) is 13.4. The number of aliphatic hydroxyl groups excluding tert-OH is 1. The van der Waals surface area contributed by atoms with E-state index in [0.717, 1.165) is 5.56 Å². The van der Waals surface area contributed by atoms with Gasteiger partial charge in [-0.05, 0) is 13.0 Å². The Morgan fingerprint density at radius 3 is 2.94 bits per heavy atom. The van der Waals surface area contributed by atoms with Crippen LogP contribution in [0.25, 0.3) is 0 Å². The SMILES string of the molecule is CC(O)C(=O)N1CCOC(c2ccccc2Cl)C1. The molecule has 0 spiro atoms. The second-order valence-electron chi connectivity index (χ2n) is 4.34. The summed E-state index contributed by atoms with van der Waals surface area (Å²) in [6.07, 6.45) is -1.20. The normalized spacial score (nSPS) is 21.7. The van der Waals surface area contributed by atoms with Gasteiger partial charge in [-0.1, -0.05) is 29.8 Å². The molecule has 2 rings (SSSR count). The average molecular weight is 270 g/mol. The third kappa shape index (κ3) is 2.83. The van der Waals surface area contributed by atoms with Gasteiger partial charge in [-0.15, -0.1) is 0 Å². The van der Waals surface area contributed by atoms with Gasteiger partial charge in [0, 0.05) is 17.1 Å². The summed E-state index contributed by atoms with van der Waals surface area (Å²) in [7, 11) is 0. The predicted molar refractivity (Wildman–Crippen MR) is 68.4 cm³/mol. The number of benzene rings is 1. The van der Waals surface area contributed by atoms with Crippen LogP contribution in [0.15, 0.2) is 24.3 Å². The van der Waals surface area contributed by atoms with Gasteiger partial charge in [0.25, 0.3) is 5.91 Å². The van der Waals surface area contributed by atoms with Gasteiger partial charge in [0.15, 0.2) is 0 Å². The minimum Gasteiger partial charge on any atom is -0.384 e. The Balaban J connectivity index is 2.12. The molecule has 1 aromatic rings. The van der Waals surface area contributed by atoms with E-state index in [1.165, 1.54) is 6.92 Å². The monoisotopic (exact) mass is 269 g/mol. The number of nitrogens with zero attached hydrogens (tertiary/aromatic N) is 1. The van der Waals surface area contributed by atoms with E-state index in [9.17, 15) is 9.90 Å². The Labute approximate surface area is 111 Å². The van der Waals surface area contributed by atoms with Gasteiger partial charge in [0.1, 0.15) is 12.2 Å². The number of ether oxygens (including phenoxy) is 1. The molecule has 1 saturated heterocycles. The fourth-order valence-corrected chi connectivity index (χ4v) is 2.30. The van der Waals surface area contributed by atoms with Gasteiger partial charge >= 0.3 is 0 Å². The summed E-state index contributed by atoms with van der Waals surface area (Å²) in [6.45, 7) is 2.86. The van der Waals surface area contributed by atoms with Gasteiger partial charge in [-0.2, -0.15) is 0 Å². The first kappa shape index (κ1) is 13.3. The molecule has 0 saturated carbocycles. The summed E-state index contributed by atoms with van der Waals surface area (Å²) in [5, 5.41) is 9.96. The standard InChI is InChI=1S/C13H16ClNO3/c1-9(16)13(17)15-6-7-18-12(8-15)10-4-2-3-5-11(10)14/h2-5,9,12,16H,6-8H2,1H3. The Hall–Kier alpha value is -1.10. The van der Waals surface area contributed by atoms with E-state index < -0.39 is 6.10 Å². The number of carbonyl (C=O) groups excluding carboxylic acids is 1. The molecule has 98 valence electrons. The highest BCUT2D eigenvalue weighted by molar-refractivity contribution is 6.31. The van der Waals surface area contributed by atoms with Crippen LogP contribution in [0.5, 0.6) is 0 Å². The fraction of sp³-hybridized carbons (Fsp3) is 0.462. The predicted octanol–water partition coefficient (Wildman–Crippen LogP) is 1.62. The molecule has 1 amide bonds. The Morgan fingerprint density at radius 2 is 2.28 bits per heavy atom. The first-order chi connectivity index (χ1) is 8.59. The second kappa shape index (κ2) is 5.69. The minimum atomic E-state index is -0.977. The van der Waals surface area contributed by atoms with E-state index in [-0.39, 0.29) is 12.0 Å². The lowest BCUT2D eigenvalue weighted by atomic mass is 10.1. The summed E-state index contributed by atoms with van der Waals surface area (Å²) in [6, 6.07) is 7.44. The third-order valence-corrected chi connectivity index (χ3v) is 3.33. The lowest BCUT2D eigenvalue weighted by molar-refractivity contribution is -0.147. The number of morpholine rings is 1. The highest BCUT2D eigenvalue weighted by atomic mass is 35.5. The van der Waals surface area contributed by atoms with Gasteiger partial charge in [0.2, 0.25) is 0 Å². The first-order valence-electron chi connectivity index (χ1n) is 5.92. The molecule has 2 unspecified atom stereocenters. The second-order valence-corrected chi connectivity index (χ2v) is 4.75. The minimum absolute atomic E-state index is 0.227. The van der Waals surface area contributed by atoms with Crippen molar-refractivity contribution in [3.05, 3.63) is 34.9 Å². The number of amides is 1. The quantitative estimate of drug-likeness (QED) is 0.888. The van der Waals surface area contributed by atoms with E-state index in [4.69, 9.17) is 16.3 Å². The van der Waals surface area contributed by atoms with Crippen LogP contribution in [0.1, 0.15) is 18.6 Å². The van der Waals surface area contributed by atoms with Gasteiger partial charge in [-0.3, -0.25) is 4.79 Å². The van der Waals surface area contributed by atoms with Crippen LogP contribution in [0.3, 0.4) is 0 Å². The Kier molecular flexibility index (Phi) is 4.22. The maximum absolute atomic E-state index is 11.7. The molecule has 0 radical (unpaired) electrons. The van der Waals surface area contributed by atoms with Crippen LogP contribution in [-0.2, 0) is 9.53 Å². The summed E-state index contributed by atoms with van der Waals surface area (Å²) < 4.78 is 5.65. The van der Waals surface area contributed by atoms with Crippen molar-refractivity contribution in [3.63, 3.8) is 0 Å². The van der Waals surface area contributed by atoms with Crippen molar-refractivity contribution in [1.29, 1.82) is 0 Å². The van der Waals surface area contributed by atoms with Crippen molar-refractivity contribution in [2.45, 2.75) is 19.1 Å². The van der Waals surface area contributed by atoms with Crippen molar-refractivity contribution in [1.82, 2.24) is 4.90 Å². The maximum Gasteiger partial charge on any atom is 0.251 e. The van der Waals surface area contributed by atoms with E-state index in [0.29, 0.717) is 24.7 Å². The summed E-state index contributed by atoms with van der Waals surface area (Å²) in [5.74, 6) is -0.268.